The number of aromatic amines is 1. The molecule has 0 atom stereocenters. The molecular weight excluding hydrogens is 270 g/mol. The van der Waals surface area contributed by atoms with Gasteiger partial charge >= 0.3 is 0 Å². The molecule has 2 aromatic rings. The summed E-state index contributed by atoms with van der Waals surface area (Å²) in [5, 5.41) is 4.21. The predicted molar refractivity (Wildman–Crippen MR) is 77.9 cm³/mol. The molecule has 1 aliphatic rings. The van der Waals surface area contributed by atoms with Crippen LogP contribution < -0.4 is 11.2 Å². The number of piperidine rings is 1. The molecule has 0 aliphatic carbocycles. The van der Waals surface area contributed by atoms with Crippen LogP contribution in [-0.2, 0) is 0 Å². The third-order valence-electron chi connectivity index (χ3n) is 3.81. The minimum Gasteiger partial charge on any atom is -0.382 e. The van der Waals surface area contributed by atoms with E-state index in [9.17, 15) is 9.59 Å². The van der Waals surface area contributed by atoms with Crippen LogP contribution in [0, 0.1) is 0 Å². The van der Waals surface area contributed by atoms with Gasteiger partial charge in [0.2, 0.25) is 0 Å². The fourth-order valence-electron chi connectivity index (χ4n) is 2.64. The van der Waals surface area contributed by atoms with Crippen molar-refractivity contribution in [1.29, 1.82) is 0 Å². The lowest BCUT2D eigenvalue weighted by Crippen LogP contribution is -2.40. The van der Waals surface area contributed by atoms with Crippen LogP contribution in [0.15, 0.2) is 35.5 Å². The van der Waals surface area contributed by atoms with Crippen LogP contribution >= 0.6 is 0 Å². The number of carbonyl (C=O) groups excluding carboxylic acids is 1. The second-order valence-electron chi connectivity index (χ2n) is 5.17. The summed E-state index contributed by atoms with van der Waals surface area (Å²) in [6.07, 6.45) is 6.45. The summed E-state index contributed by atoms with van der Waals surface area (Å²) in [5.74, 6) is 0.291. The maximum atomic E-state index is 12.3. The summed E-state index contributed by atoms with van der Waals surface area (Å²) in [7, 11) is 0. The smallest absolute Gasteiger partial charge is 0.259 e. The normalized spacial score (nSPS) is 16.1. The second kappa shape index (κ2) is 5.43. The molecule has 3 rings (SSSR count). The largest absolute Gasteiger partial charge is 0.382 e. The third kappa shape index (κ3) is 2.67. The molecule has 0 aromatic carbocycles. The molecule has 3 heterocycles. The molecule has 1 amide bonds. The molecule has 7 nitrogen and oxygen atoms in total. The Bertz CT molecular complexity index is 697. The first kappa shape index (κ1) is 13.4. The molecule has 3 N–H and O–H groups in total. The van der Waals surface area contributed by atoms with Gasteiger partial charge < -0.3 is 15.6 Å². The van der Waals surface area contributed by atoms with Crippen LogP contribution in [0.25, 0.3) is 0 Å². The van der Waals surface area contributed by atoms with Crippen LogP contribution in [0.2, 0.25) is 0 Å². The molecule has 0 spiro atoms. The van der Waals surface area contributed by atoms with Crippen LogP contribution in [-0.4, -0.2) is 38.7 Å². The van der Waals surface area contributed by atoms with Gasteiger partial charge in [-0.05, 0) is 18.9 Å². The average Bonchev–Trinajstić information content (AvgIpc) is 2.94. The molecule has 2 aromatic heterocycles. The van der Waals surface area contributed by atoms with Gasteiger partial charge in [0.05, 0.1) is 6.04 Å². The zero-order valence-electron chi connectivity index (χ0n) is 11.5. The Labute approximate surface area is 121 Å². The third-order valence-corrected chi connectivity index (χ3v) is 3.81. The lowest BCUT2D eigenvalue weighted by Gasteiger charge is -2.32. The standard InChI is InChI=1S/C14H17N5O2/c15-13-4-8-19(17-13)10-2-6-18(7-3-10)14(21)11-9-16-5-1-12(11)20/h1,4-5,8-10H,2-3,6-7H2,(H2,15,17)(H,16,20). The van der Waals surface area contributed by atoms with Crippen molar-refractivity contribution >= 4 is 11.7 Å². The van der Waals surface area contributed by atoms with Crippen molar-refractivity contribution in [2.45, 2.75) is 18.9 Å². The Kier molecular flexibility index (Phi) is 3.47. The minimum absolute atomic E-state index is 0.194. The number of likely N-dealkylation sites (tertiary alicyclic amines) is 1. The van der Waals surface area contributed by atoms with Crippen molar-refractivity contribution in [3.63, 3.8) is 0 Å². The number of hydrogen-bond donors (Lipinski definition) is 2. The first-order chi connectivity index (χ1) is 10.1. The van der Waals surface area contributed by atoms with Gasteiger partial charge in [-0.3, -0.25) is 14.3 Å². The van der Waals surface area contributed by atoms with Gasteiger partial charge in [0.15, 0.2) is 5.43 Å². The van der Waals surface area contributed by atoms with Crippen molar-refractivity contribution < 1.29 is 4.79 Å². The number of nitrogens with one attached hydrogen (secondary N) is 1. The summed E-state index contributed by atoms with van der Waals surface area (Å²) < 4.78 is 1.85. The Hall–Kier alpha value is -2.57. The number of carbonyl (C=O) groups is 1. The van der Waals surface area contributed by atoms with E-state index in [-0.39, 0.29) is 22.9 Å². The topological polar surface area (TPSA) is 97.0 Å². The highest BCUT2D eigenvalue weighted by molar-refractivity contribution is 5.93. The summed E-state index contributed by atoms with van der Waals surface area (Å²) in [6.45, 7) is 1.22. The van der Waals surface area contributed by atoms with Gasteiger partial charge in [0.25, 0.3) is 5.91 Å². The lowest BCUT2D eigenvalue weighted by molar-refractivity contribution is 0.0688. The van der Waals surface area contributed by atoms with E-state index < -0.39 is 0 Å². The highest BCUT2D eigenvalue weighted by Crippen LogP contribution is 2.22. The van der Waals surface area contributed by atoms with Crippen molar-refractivity contribution in [3.8, 4) is 0 Å². The summed E-state index contributed by atoms with van der Waals surface area (Å²) in [6, 6.07) is 3.38. The Morgan fingerprint density at radius 1 is 1.33 bits per heavy atom. The average molecular weight is 287 g/mol. The number of nitrogens with two attached hydrogens (primary N) is 1. The van der Waals surface area contributed by atoms with Gasteiger partial charge in [-0.1, -0.05) is 0 Å². The number of pyridine rings is 1. The molecule has 0 unspecified atom stereocenters. The number of aromatic nitrogens is 3. The number of anilines is 1. The number of nitrogens with zero attached hydrogens (tertiary/aromatic N) is 3. The first-order valence-electron chi connectivity index (χ1n) is 6.92. The molecule has 0 saturated carbocycles. The number of nitrogen functional groups attached to an aromatic ring is 1. The molecule has 0 radical (unpaired) electrons. The number of H-pyrrole nitrogens is 1. The van der Waals surface area contributed by atoms with E-state index in [1.54, 1.807) is 11.0 Å². The fraction of sp³-hybridized carbons (Fsp3) is 0.357. The SMILES string of the molecule is Nc1ccn(C2CCN(C(=O)c3c[nH]ccc3=O)CC2)n1. The molecular formula is C14H17N5O2. The number of rotatable bonds is 2. The van der Waals surface area contributed by atoms with Crippen molar-refractivity contribution in [2.75, 3.05) is 18.8 Å². The van der Waals surface area contributed by atoms with Crippen molar-refractivity contribution in [2.24, 2.45) is 0 Å². The maximum absolute atomic E-state index is 12.3. The Morgan fingerprint density at radius 2 is 2.10 bits per heavy atom. The monoisotopic (exact) mass is 287 g/mol. The summed E-state index contributed by atoms with van der Waals surface area (Å²) in [5.41, 5.74) is 5.56. The van der Waals surface area contributed by atoms with E-state index in [0.29, 0.717) is 18.9 Å². The van der Waals surface area contributed by atoms with E-state index in [1.165, 1.54) is 18.5 Å². The molecule has 1 fully saturated rings. The Balaban J connectivity index is 1.67. The van der Waals surface area contributed by atoms with E-state index in [1.807, 2.05) is 10.9 Å². The summed E-state index contributed by atoms with van der Waals surface area (Å²) in [4.78, 5) is 28.5. The van der Waals surface area contributed by atoms with Gasteiger partial charge in [-0.25, -0.2) is 0 Å². The van der Waals surface area contributed by atoms with E-state index >= 15 is 0 Å². The molecule has 1 saturated heterocycles. The zero-order valence-corrected chi connectivity index (χ0v) is 11.5. The molecule has 21 heavy (non-hydrogen) atoms. The zero-order chi connectivity index (χ0) is 14.8. The fourth-order valence-corrected chi connectivity index (χ4v) is 2.64. The van der Waals surface area contributed by atoms with Gasteiger partial charge in [-0.2, -0.15) is 5.10 Å². The van der Waals surface area contributed by atoms with Gasteiger partial charge in [0.1, 0.15) is 11.4 Å². The summed E-state index contributed by atoms with van der Waals surface area (Å²) >= 11 is 0. The van der Waals surface area contributed by atoms with Gasteiger partial charge in [-0.15, -0.1) is 0 Å². The molecule has 110 valence electrons. The van der Waals surface area contributed by atoms with E-state index in [2.05, 4.69) is 10.1 Å². The van der Waals surface area contributed by atoms with E-state index in [0.717, 1.165) is 12.8 Å². The Morgan fingerprint density at radius 3 is 2.71 bits per heavy atom. The predicted octanol–water partition coefficient (Wildman–Crippen LogP) is 0.631. The lowest BCUT2D eigenvalue weighted by atomic mass is 10.0. The number of hydrogen-bond acceptors (Lipinski definition) is 4. The maximum Gasteiger partial charge on any atom is 0.259 e. The quantitative estimate of drug-likeness (QED) is 0.846. The first-order valence-corrected chi connectivity index (χ1v) is 6.92. The number of amides is 1. The van der Waals surface area contributed by atoms with Crippen LogP contribution in [0.5, 0.6) is 0 Å². The van der Waals surface area contributed by atoms with Crippen molar-refractivity contribution in [3.05, 3.63) is 46.5 Å². The van der Waals surface area contributed by atoms with Crippen molar-refractivity contribution in [1.82, 2.24) is 19.7 Å². The molecule has 7 heteroatoms. The minimum atomic E-state index is -0.249. The van der Waals surface area contributed by atoms with E-state index in [4.69, 9.17) is 5.73 Å². The molecule has 1 aliphatic heterocycles. The van der Waals surface area contributed by atoms with Crippen LogP contribution in [0.1, 0.15) is 29.2 Å². The van der Waals surface area contributed by atoms with Crippen LogP contribution in [0.3, 0.4) is 0 Å². The van der Waals surface area contributed by atoms with Crippen LogP contribution in [0.4, 0.5) is 5.82 Å². The highest BCUT2D eigenvalue weighted by atomic mass is 16.2. The highest BCUT2D eigenvalue weighted by Gasteiger charge is 2.26. The molecule has 0 bridgehead atoms. The second-order valence-corrected chi connectivity index (χ2v) is 5.17. The van der Waals surface area contributed by atoms with Gasteiger partial charge in [0, 0.05) is 37.7 Å².